The zero-order valence-corrected chi connectivity index (χ0v) is 17.7. The van der Waals surface area contributed by atoms with Gasteiger partial charge < -0.3 is 21.1 Å². The third-order valence-corrected chi connectivity index (χ3v) is 6.69. The SMILES string of the molecule is C[C@@H](OC(=O)CCCCCNC(N)=O)C(=O)NC(=O)NC12CC3CC(CC(C3)C1)C2. The molecule has 4 aliphatic rings. The van der Waals surface area contributed by atoms with E-state index in [2.05, 4.69) is 16.0 Å². The fourth-order valence-electron chi connectivity index (χ4n) is 5.84. The molecule has 9 nitrogen and oxygen atoms in total. The maximum atomic E-state index is 12.4. The molecule has 4 rings (SSSR count). The Morgan fingerprint density at radius 3 is 2.17 bits per heavy atom. The van der Waals surface area contributed by atoms with E-state index >= 15 is 0 Å². The summed E-state index contributed by atoms with van der Waals surface area (Å²) in [6, 6.07) is -1.06. The van der Waals surface area contributed by atoms with Crippen molar-refractivity contribution in [2.24, 2.45) is 23.5 Å². The van der Waals surface area contributed by atoms with Gasteiger partial charge in [-0.2, -0.15) is 0 Å². The standard InChI is InChI=1S/C21H34N4O5/c1-13(30-17(26)5-3-2-4-6-23-19(22)28)18(27)24-20(29)25-21-10-14-7-15(11-21)9-16(8-14)12-21/h13-16H,2-12H2,1H3,(H3,22,23,28)(H2,24,25,27,29)/t13-,14?,15?,16?,21?/m1/s1. The summed E-state index contributed by atoms with van der Waals surface area (Å²) in [4.78, 5) is 47.1. The van der Waals surface area contributed by atoms with Crippen LogP contribution >= 0.6 is 0 Å². The largest absolute Gasteiger partial charge is 0.453 e. The van der Waals surface area contributed by atoms with Gasteiger partial charge in [-0.15, -0.1) is 0 Å². The van der Waals surface area contributed by atoms with Crippen molar-refractivity contribution in [1.82, 2.24) is 16.0 Å². The molecule has 0 saturated heterocycles. The van der Waals surface area contributed by atoms with Crippen LogP contribution in [0, 0.1) is 17.8 Å². The highest BCUT2D eigenvalue weighted by molar-refractivity contribution is 5.97. The number of hydrogen-bond donors (Lipinski definition) is 4. The summed E-state index contributed by atoms with van der Waals surface area (Å²) < 4.78 is 5.13. The number of ether oxygens (including phenoxy) is 1. The maximum absolute atomic E-state index is 12.4. The molecule has 9 heteroatoms. The number of amides is 5. The van der Waals surface area contributed by atoms with Crippen LogP contribution in [0.5, 0.6) is 0 Å². The molecule has 5 amide bonds. The smallest absolute Gasteiger partial charge is 0.321 e. The fraction of sp³-hybridized carbons (Fsp3) is 0.810. The van der Waals surface area contributed by atoms with E-state index in [1.54, 1.807) is 0 Å². The summed E-state index contributed by atoms with van der Waals surface area (Å²) in [6.45, 7) is 1.92. The van der Waals surface area contributed by atoms with Crippen LogP contribution in [0.3, 0.4) is 0 Å². The summed E-state index contributed by atoms with van der Waals surface area (Å²) in [5.74, 6) is 0.981. The molecule has 0 aromatic carbocycles. The van der Waals surface area contributed by atoms with Crippen LogP contribution in [0.1, 0.15) is 71.1 Å². The molecule has 168 valence electrons. The van der Waals surface area contributed by atoms with Gasteiger partial charge in [0.05, 0.1) is 0 Å². The average molecular weight is 423 g/mol. The first kappa shape index (κ1) is 22.4. The van der Waals surface area contributed by atoms with E-state index in [1.807, 2.05) is 0 Å². The van der Waals surface area contributed by atoms with Gasteiger partial charge in [0.1, 0.15) is 0 Å². The monoisotopic (exact) mass is 422 g/mol. The summed E-state index contributed by atoms with van der Waals surface area (Å²) >= 11 is 0. The molecule has 4 bridgehead atoms. The number of rotatable bonds is 9. The molecule has 0 aromatic rings. The Hall–Kier alpha value is -2.32. The lowest BCUT2D eigenvalue weighted by atomic mass is 9.53. The Morgan fingerprint density at radius 1 is 1.00 bits per heavy atom. The van der Waals surface area contributed by atoms with Gasteiger partial charge in [-0.05, 0) is 76.0 Å². The van der Waals surface area contributed by atoms with E-state index < -0.39 is 30.0 Å². The molecular formula is C21H34N4O5. The lowest BCUT2D eigenvalue weighted by Crippen LogP contribution is -2.62. The van der Waals surface area contributed by atoms with Gasteiger partial charge in [0, 0.05) is 18.5 Å². The quantitative estimate of drug-likeness (QED) is 0.332. The predicted octanol–water partition coefficient (Wildman–Crippen LogP) is 1.94. The first-order valence-electron chi connectivity index (χ1n) is 11.1. The zero-order chi connectivity index (χ0) is 21.7. The Morgan fingerprint density at radius 2 is 1.60 bits per heavy atom. The molecule has 30 heavy (non-hydrogen) atoms. The number of esters is 1. The van der Waals surface area contributed by atoms with Crippen molar-refractivity contribution in [2.75, 3.05) is 6.54 Å². The van der Waals surface area contributed by atoms with Crippen molar-refractivity contribution >= 4 is 23.9 Å². The van der Waals surface area contributed by atoms with Crippen molar-refractivity contribution in [1.29, 1.82) is 0 Å². The molecule has 5 N–H and O–H groups in total. The van der Waals surface area contributed by atoms with Crippen molar-refractivity contribution in [2.45, 2.75) is 82.8 Å². The van der Waals surface area contributed by atoms with E-state index in [0.717, 1.165) is 25.7 Å². The second kappa shape index (κ2) is 9.66. The topological polar surface area (TPSA) is 140 Å². The van der Waals surface area contributed by atoms with Crippen LogP contribution in [0.2, 0.25) is 0 Å². The van der Waals surface area contributed by atoms with Crippen LogP contribution in [0.15, 0.2) is 0 Å². The van der Waals surface area contributed by atoms with Gasteiger partial charge >= 0.3 is 18.0 Å². The van der Waals surface area contributed by atoms with Gasteiger partial charge in [-0.1, -0.05) is 6.42 Å². The van der Waals surface area contributed by atoms with Crippen molar-refractivity contribution in [3.63, 3.8) is 0 Å². The molecule has 4 fully saturated rings. The minimum absolute atomic E-state index is 0.174. The number of imide groups is 1. The zero-order valence-electron chi connectivity index (χ0n) is 17.7. The van der Waals surface area contributed by atoms with Gasteiger partial charge in [0.2, 0.25) is 0 Å². The Labute approximate surface area is 177 Å². The van der Waals surface area contributed by atoms with E-state index in [1.165, 1.54) is 26.2 Å². The van der Waals surface area contributed by atoms with Crippen LogP contribution in [0.25, 0.3) is 0 Å². The highest BCUT2D eigenvalue weighted by Crippen LogP contribution is 2.55. The molecule has 0 spiro atoms. The summed E-state index contributed by atoms with van der Waals surface area (Å²) in [6.07, 6.45) is 7.98. The third-order valence-electron chi connectivity index (χ3n) is 6.69. The minimum Gasteiger partial charge on any atom is -0.453 e. The highest BCUT2D eigenvalue weighted by atomic mass is 16.5. The van der Waals surface area contributed by atoms with E-state index in [9.17, 15) is 19.2 Å². The number of nitrogens with two attached hydrogens (primary N) is 1. The number of urea groups is 2. The van der Waals surface area contributed by atoms with Crippen molar-refractivity contribution in [3.05, 3.63) is 0 Å². The van der Waals surface area contributed by atoms with Gasteiger partial charge in [-0.25, -0.2) is 9.59 Å². The molecule has 0 radical (unpaired) electrons. The fourth-order valence-corrected chi connectivity index (χ4v) is 5.84. The molecular weight excluding hydrogens is 388 g/mol. The van der Waals surface area contributed by atoms with Crippen molar-refractivity contribution < 1.29 is 23.9 Å². The maximum Gasteiger partial charge on any atom is 0.321 e. The third kappa shape index (κ3) is 6.09. The molecule has 1 atom stereocenters. The summed E-state index contributed by atoms with van der Waals surface area (Å²) in [7, 11) is 0. The lowest BCUT2D eigenvalue weighted by molar-refractivity contribution is -0.154. The average Bonchev–Trinajstić information content (AvgIpc) is 2.62. The summed E-state index contributed by atoms with van der Waals surface area (Å²) in [5.41, 5.74) is 4.79. The minimum atomic E-state index is -1.03. The Bertz CT molecular complexity index is 645. The predicted molar refractivity (Wildman–Crippen MR) is 109 cm³/mol. The van der Waals surface area contributed by atoms with Crippen LogP contribution in [-0.4, -0.2) is 42.1 Å². The van der Waals surface area contributed by atoms with Gasteiger partial charge in [0.25, 0.3) is 5.91 Å². The van der Waals surface area contributed by atoms with E-state index in [-0.39, 0.29) is 12.0 Å². The lowest BCUT2D eigenvalue weighted by Gasteiger charge is -2.56. The molecule has 0 heterocycles. The van der Waals surface area contributed by atoms with E-state index in [4.69, 9.17) is 10.5 Å². The number of carbonyl (C=O) groups is 4. The van der Waals surface area contributed by atoms with Crippen molar-refractivity contribution in [3.8, 4) is 0 Å². The molecule has 4 saturated carbocycles. The number of carbonyl (C=O) groups excluding carboxylic acids is 4. The first-order valence-corrected chi connectivity index (χ1v) is 11.1. The van der Waals surface area contributed by atoms with Crippen LogP contribution < -0.4 is 21.7 Å². The number of nitrogens with one attached hydrogen (secondary N) is 3. The molecule has 0 unspecified atom stereocenters. The van der Waals surface area contributed by atoms with E-state index in [0.29, 0.717) is 37.1 Å². The first-order chi connectivity index (χ1) is 14.2. The molecule has 0 aliphatic heterocycles. The molecule has 0 aromatic heterocycles. The number of primary amides is 1. The molecule has 4 aliphatic carbocycles. The normalized spacial score (nSPS) is 29.7. The highest BCUT2D eigenvalue weighted by Gasteiger charge is 2.51. The summed E-state index contributed by atoms with van der Waals surface area (Å²) in [5, 5.41) is 7.89. The number of unbranched alkanes of at least 4 members (excludes halogenated alkanes) is 2. The van der Waals surface area contributed by atoms with Crippen LogP contribution in [0.4, 0.5) is 9.59 Å². The van der Waals surface area contributed by atoms with Crippen LogP contribution in [-0.2, 0) is 14.3 Å². The van der Waals surface area contributed by atoms with Gasteiger partial charge in [0.15, 0.2) is 6.10 Å². The Balaban J connectivity index is 1.33. The number of hydrogen-bond acceptors (Lipinski definition) is 5. The second-order valence-electron chi connectivity index (χ2n) is 9.38. The Kier molecular flexibility index (Phi) is 7.20. The second-order valence-corrected chi connectivity index (χ2v) is 9.38. The van der Waals surface area contributed by atoms with Gasteiger partial charge in [-0.3, -0.25) is 14.9 Å².